The third-order valence-electron chi connectivity index (χ3n) is 7.73. The predicted molar refractivity (Wildman–Crippen MR) is 132 cm³/mol. The Bertz CT molecular complexity index is 1330. The fourth-order valence-electron chi connectivity index (χ4n) is 6.00. The van der Waals surface area contributed by atoms with Crippen LogP contribution in [0.4, 0.5) is 0 Å². The van der Waals surface area contributed by atoms with E-state index in [2.05, 4.69) is 36.4 Å². The lowest BCUT2D eigenvalue weighted by molar-refractivity contribution is 0.135. The summed E-state index contributed by atoms with van der Waals surface area (Å²) in [6.45, 7) is 1.92. The van der Waals surface area contributed by atoms with Crippen LogP contribution in [0.3, 0.4) is 0 Å². The molecular formula is C29H29NO3S. The smallest absolute Gasteiger partial charge is 0.339 e. The second-order valence-electron chi connectivity index (χ2n) is 9.82. The highest BCUT2D eigenvalue weighted by Gasteiger charge is 2.47. The molecular weight excluding hydrogens is 442 g/mol. The van der Waals surface area contributed by atoms with Gasteiger partial charge in [0.1, 0.15) is 10.6 Å². The summed E-state index contributed by atoms with van der Waals surface area (Å²) in [5, 5.41) is 9.58. The van der Waals surface area contributed by atoms with Gasteiger partial charge < -0.3 is 4.18 Å². The van der Waals surface area contributed by atoms with Crippen LogP contribution >= 0.6 is 0 Å². The van der Waals surface area contributed by atoms with E-state index in [1.165, 1.54) is 16.7 Å². The molecule has 3 unspecified atom stereocenters. The summed E-state index contributed by atoms with van der Waals surface area (Å²) in [6.07, 6.45) is 5.62. The van der Waals surface area contributed by atoms with Gasteiger partial charge in [-0.1, -0.05) is 54.1 Å². The van der Waals surface area contributed by atoms with Crippen LogP contribution in [0.1, 0.15) is 47.9 Å². The van der Waals surface area contributed by atoms with Crippen LogP contribution in [0.5, 0.6) is 5.75 Å². The fraction of sp³-hybridized carbons (Fsp3) is 0.345. The molecule has 5 rings (SSSR count). The van der Waals surface area contributed by atoms with E-state index in [1.807, 2.05) is 19.1 Å². The van der Waals surface area contributed by atoms with Crippen molar-refractivity contribution >= 4 is 10.1 Å². The molecule has 2 aliphatic carbocycles. The summed E-state index contributed by atoms with van der Waals surface area (Å²) in [5.74, 6) is 0.928. The summed E-state index contributed by atoms with van der Waals surface area (Å²) >= 11 is 0. The molecule has 0 aromatic heterocycles. The molecule has 4 nitrogen and oxygen atoms in total. The first kappa shape index (κ1) is 22.7. The van der Waals surface area contributed by atoms with Crippen molar-refractivity contribution < 1.29 is 12.6 Å². The normalized spacial score (nSPS) is 23.9. The maximum Gasteiger partial charge on any atom is 0.339 e. The third kappa shape index (κ3) is 4.23. The van der Waals surface area contributed by atoms with Crippen molar-refractivity contribution in [2.24, 2.45) is 11.8 Å². The molecule has 0 amide bonds. The summed E-state index contributed by atoms with van der Waals surface area (Å²) in [5.41, 5.74) is 4.73. The molecule has 0 bridgehead atoms. The van der Waals surface area contributed by atoms with Crippen molar-refractivity contribution in [1.82, 2.24) is 0 Å². The van der Waals surface area contributed by atoms with Crippen molar-refractivity contribution in [3.8, 4) is 11.8 Å². The topological polar surface area (TPSA) is 67.2 Å². The van der Waals surface area contributed by atoms with Gasteiger partial charge in [-0.2, -0.15) is 13.7 Å². The van der Waals surface area contributed by atoms with Gasteiger partial charge in [-0.3, -0.25) is 0 Å². The number of nitriles is 1. The first-order valence-electron chi connectivity index (χ1n) is 12.0. The number of rotatable bonds is 5. The zero-order chi connectivity index (χ0) is 23.8. The number of hydrogen-bond donors (Lipinski definition) is 0. The van der Waals surface area contributed by atoms with Crippen LogP contribution in [0.25, 0.3) is 0 Å². The Labute approximate surface area is 202 Å². The Morgan fingerprint density at radius 2 is 1.79 bits per heavy atom. The first-order valence-corrected chi connectivity index (χ1v) is 13.4. The Morgan fingerprint density at radius 3 is 2.53 bits per heavy atom. The van der Waals surface area contributed by atoms with Gasteiger partial charge in [-0.05, 0) is 92.3 Å². The standard InChI is InChI=1S/C29H29NO3S/c1-21-7-12-27(13-8-21)34(31,32)33-26-11-14-28-24(18-26)9-10-25-17-23(20-30)15-16-29(25,28)19-22-5-3-2-4-6-22/h2-8,11-14,18,23,25H,9-10,15-17,19H2,1H3. The quantitative estimate of drug-likeness (QED) is 0.420. The monoisotopic (exact) mass is 471 g/mol. The van der Waals surface area contributed by atoms with Crippen LogP contribution < -0.4 is 4.18 Å². The number of benzene rings is 3. The number of nitrogens with zero attached hydrogens (tertiary/aromatic N) is 1. The second kappa shape index (κ2) is 8.92. The predicted octanol–water partition coefficient (Wildman–Crippen LogP) is 6.13. The second-order valence-corrected chi connectivity index (χ2v) is 11.4. The third-order valence-corrected chi connectivity index (χ3v) is 8.99. The lowest BCUT2D eigenvalue weighted by Gasteiger charge is -2.50. The van der Waals surface area contributed by atoms with Crippen LogP contribution in [0.2, 0.25) is 0 Å². The number of fused-ring (bicyclic) bond motifs is 3. The van der Waals surface area contributed by atoms with Gasteiger partial charge in [0.05, 0.1) is 6.07 Å². The van der Waals surface area contributed by atoms with Gasteiger partial charge in [0.2, 0.25) is 0 Å². The fourth-order valence-corrected chi connectivity index (χ4v) is 6.92. The molecule has 0 heterocycles. The van der Waals surface area contributed by atoms with Crippen LogP contribution in [0.15, 0.2) is 77.7 Å². The van der Waals surface area contributed by atoms with Gasteiger partial charge >= 0.3 is 10.1 Å². The molecule has 5 heteroatoms. The Balaban J connectivity index is 1.49. The average Bonchev–Trinajstić information content (AvgIpc) is 2.84. The van der Waals surface area contributed by atoms with E-state index in [1.54, 1.807) is 30.3 Å². The molecule has 3 aromatic rings. The zero-order valence-corrected chi connectivity index (χ0v) is 20.2. The van der Waals surface area contributed by atoms with Crippen LogP contribution in [0, 0.1) is 30.1 Å². The molecule has 0 N–H and O–H groups in total. The summed E-state index contributed by atoms with van der Waals surface area (Å²) in [7, 11) is -3.89. The lowest BCUT2D eigenvalue weighted by Crippen LogP contribution is -2.45. The minimum Gasteiger partial charge on any atom is -0.379 e. The van der Waals surface area contributed by atoms with E-state index < -0.39 is 10.1 Å². The molecule has 1 fully saturated rings. The lowest BCUT2D eigenvalue weighted by atomic mass is 9.53. The van der Waals surface area contributed by atoms with E-state index >= 15 is 0 Å². The highest BCUT2D eigenvalue weighted by Crippen LogP contribution is 2.53. The van der Waals surface area contributed by atoms with E-state index in [4.69, 9.17) is 4.18 Å². The Kier molecular flexibility index (Phi) is 5.95. The van der Waals surface area contributed by atoms with Gasteiger partial charge in [-0.25, -0.2) is 0 Å². The van der Waals surface area contributed by atoms with Crippen molar-refractivity contribution in [3.63, 3.8) is 0 Å². The molecule has 3 atom stereocenters. The highest BCUT2D eigenvalue weighted by molar-refractivity contribution is 7.87. The van der Waals surface area contributed by atoms with E-state index in [0.29, 0.717) is 11.7 Å². The van der Waals surface area contributed by atoms with E-state index in [-0.39, 0.29) is 16.2 Å². The van der Waals surface area contributed by atoms with Crippen molar-refractivity contribution in [3.05, 3.63) is 95.1 Å². The van der Waals surface area contributed by atoms with Crippen molar-refractivity contribution in [2.45, 2.75) is 55.8 Å². The van der Waals surface area contributed by atoms with Crippen molar-refractivity contribution in [1.29, 1.82) is 5.26 Å². The van der Waals surface area contributed by atoms with Crippen LogP contribution in [-0.2, 0) is 28.4 Å². The number of aryl methyl sites for hydroxylation is 2. The molecule has 174 valence electrons. The zero-order valence-electron chi connectivity index (χ0n) is 19.4. The van der Waals surface area contributed by atoms with Crippen molar-refractivity contribution in [2.75, 3.05) is 0 Å². The minimum absolute atomic E-state index is 0.0311. The Hall–Kier alpha value is -3.10. The SMILES string of the molecule is Cc1ccc(S(=O)(=O)Oc2ccc3c(c2)CCC2CC(C#N)CCC32Cc2ccccc2)cc1. The maximum atomic E-state index is 12.8. The molecule has 0 spiro atoms. The molecule has 34 heavy (non-hydrogen) atoms. The minimum atomic E-state index is -3.89. The highest BCUT2D eigenvalue weighted by atomic mass is 32.2. The van der Waals surface area contributed by atoms with Gasteiger partial charge in [0.15, 0.2) is 0 Å². The maximum absolute atomic E-state index is 12.8. The largest absolute Gasteiger partial charge is 0.379 e. The summed E-state index contributed by atoms with van der Waals surface area (Å²) < 4.78 is 31.2. The van der Waals surface area contributed by atoms with Crippen LogP contribution in [-0.4, -0.2) is 8.42 Å². The molecule has 0 aliphatic heterocycles. The Morgan fingerprint density at radius 1 is 1.03 bits per heavy atom. The van der Waals surface area contributed by atoms with Gasteiger partial charge in [-0.15, -0.1) is 0 Å². The molecule has 1 saturated carbocycles. The first-order chi connectivity index (χ1) is 16.4. The molecule has 0 saturated heterocycles. The summed E-state index contributed by atoms with van der Waals surface area (Å²) in [4.78, 5) is 0.159. The molecule has 2 aliphatic rings. The van der Waals surface area contributed by atoms with Gasteiger partial charge in [0.25, 0.3) is 0 Å². The van der Waals surface area contributed by atoms with E-state index in [0.717, 1.165) is 44.1 Å². The van der Waals surface area contributed by atoms with Gasteiger partial charge in [0, 0.05) is 11.3 Å². The molecule has 3 aromatic carbocycles. The number of hydrogen-bond acceptors (Lipinski definition) is 4. The molecule has 0 radical (unpaired) electrons. The average molecular weight is 472 g/mol. The van der Waals surface area contributed by atoms with E-state index in [9.17, 15) is 13.7 Å². The summed E-state index contributed by atoms with van der Waals surface area (Å²) in [6, 6.07) is 25.6.